The maximum Gasteiger partial charge on any atom is 0.173 e. The van der Waals surface area contributed by atoms with Crippen LogP contribution in [0.5, 0.6) is 5.75 Å². The van der Waals surface area contributed by atoms with E-state index in [2.05, 4.69) is 20.4 Å². The fourth-order valence-electron chi connectivity index (χ4n) is 3.85. The number of hydrogen-bond acceptors (Lipinski definition) is 7. The second-order valence-corrected chi connectivity index (χ2v) is 7.77. The Morgan fingerprint density at radius 3 is 2.53 bits per heavy atom. The maximum atomic E-state index is 13.8. The Bertz CT molecular complexity index is 1130. The van der Waals surface area contributed by atoms with Gasteiger partial charge in [0.25, 0.3) is 0 Å². The lowest BCUT2D eigenvalue weighted by Crippen LogP contribution is -2.31. The minimum Gasteiger partial charge on any atom is -0.494 e. The Kier molecular flexibility index (Phi) is 8.00. The van der Waals surface area contributed by atoms with Gasteiger partial charge in [-0.05, 0) is 64.9 Å². The first-order valence-electron chi connectivity index (χ1n) is 11.2. The summed E-state index contributed by atoms with van der Waals surface area (Å²) in [6.45, 7) is 4.60. The van der Waals surface area contributed by atoms with Crippen LogP contribution in [0.4, 0.5) is 4.39 Å². The van der Waals surface area contributed by atoms with Crippen LogP contribution >= 0.6 is 0 Å². The molecule has 8 nitrogen and oxygen atoms in total. The number of nitrogens with zero attached hydrogens (tertiary/aromatic N) is 5. The van der Waals surface area contributed by atoms with E-state index >= 15 is 0 Å². The molecule has 178 valence electrons. The van der Waals surface area contributed by atoms with Crippen LogP contribution in [0, 0.1) is 5.82 Å². The Hall–Kier alpha value is -3.56. The molecule has 2 aromatic carbocycles. The highest BCUT2D eigenvalue weighted by atomic mass is 19.1. The zero-order valence-corrected chi connectivity index (χ0v) is 19.3. The Balaban J connectivity index is 1.73. The number of rotatable bonds is 12. The van der Waals surface area contributed by atoms with E-state index in [0.717, 1.165) is 22.6 Å². The van der Waals surface area contributed by atoms with Gasteiger partial charge in [0.2, 0.25) is 0 Å². The lowest BCUT2D eigenvalue weighted by molar-refractivity contribution is 0.164. The van der Waals surface area contributed by atoms with E-state index in [1.54, 1.807) is 30.2 Å². The molecule has 0 bridgehead atoms. The second-order valence-electron chi connectivity index (χ2n) is 7.77. The molecule has 4 aromatic rings. The third-order valence-electron chi connectivity index (χ3n) is 5.42. The summed E-state index contributed by atoms with van der Waals surface area (Å²) in [4.78, 5) is 2.21. The molecule has 1 unspecified atom stereocenters. The topological polar surface area (TPSA) is 78.4 Å². The normalized spacial score (nSPS) is 12.2. The molecule has 0 saturated heterocycles. The summed E-state index contributed by atoms with van der Waals surface area (Å²) in [6, 6.07) is 17.9. The van der Waals surface area contributed by atoms with E-state index < -0.39 is 0 Å². The molecule has 2 aromatic heterocycles. The lowest BCUT2D eigenvalue weighted by Gasteiger charge is -2.31. The summed E-state index contributed by atoms with van der Waals surface area (Å²) in [5, 5.41) is 12.5. The zero-order chi connectivity index (χ0) is 23.8. The van der Waals surface area contributed by atoms with Crippen LogP contribution in [0.3, 0.4) is 0 Å². The largest absolute Gasteiger partial charge is 0.494 e. The van der Waals surface area contributed by atoms with Crippen molar-refractivity contribution in [1.82, 2.24) is 25.1 Å². The number of methoxy groups -OCH3 is 1. The fraction of sp³-hybridized carbons (Fsp3) is 0.320. The Morgan fingerprint density at radius 1 is 1.06 bits per heavy atom. The van der Waals surface area contributed by atoms with E-state index in [9.17, 15) is 4.39 Å². The first kappa shape index (κ1) is 23.6. The van der Waals surface area contributed by atoms with Crippen molar-refractivity contribution in [2.24, 2.45) is 0 Å². The van der Waals surface area contributed by atoms with Crippen LogP contribution in [-0.2, 0) is 24.4 Å². The number of tetrazole rings is 1. The summed E-state index contributed by atoms with van der Waals surface area (Å²) >= 11 is 0. The molecule has 0 amide bonds. The van der Waals surface area contributed by atoms with E-state index in [0.29, 0.717) is 38.7 Å². The molecule has 0 radical (unpaired) electrons. The first-order valence-corrected chi connectivity index (χ1v) is 11.2. The highest BCUT2D eigenvalue weighted by molar-refractivity contribution is 5.29. The second kappa shape index (κ2) is 11.5. The van der Waals surface area contributed by atoms with Gasteiger partial charge in [-0.15, -0.1) is 5.10 Å². The molecule has 0 aliphatic rings. The molecular formula is C25H28FN5O3. The van der Waals surface area contributed by atoms with Crippen LogP contribution in [0.2, 0.25) is 0 Å². The molecule has 1 atom stereocenters. The van der Waals surface area contributed by atoms with Crippen molar-refractivity contribution in [2.75, 3.05) is 20.3 Å². The summed E-state index contributed by atoms with van der Waals surface area (Å²) in [5.74, 6) is 1.96. The van der Waals surface area contributed by atoms with Gasteiger partial charge in [0, 0.05) is 13.7 Å². The fourth-order valence-corrected chi connectivity index (χ4v) is 3.85. The number of halogens is 1. The van der Waals surface area contributed by atoms with E-state index in [-0.39, 0.29) is 11.9 Å². The summed E-state index contributed by atoms with van der Waals surface area (Å²) in [6.07, 6.45) is 1.65. The molecule has 0 spiro atoms. The van der Waals surface area contributed by atoms with Crippen molar-refractivity contribution in [3.05, 3.63) is 95.5 Å². The molecule has 9 heteroatoms. The average molecular weight is 466 g/mol. The summed E-state index contributed by atoms with van der Waals surface area (Å²) < 4.78 is 32.0. The van der Waals surface area contributed by atoms with Gasteiger partial charge in [-0.1, -0.05) is 24.3 Å². The highest BCUT2D eigenvalue weighted by Gasteiger charge is 2.29. The smallest absolute Gasteiger partial charge is 0.173 e. The zero-order valence-electron chi connectivity index (χ0n) is 19.3. The predicted octanol–water partition coefficient (Wildman–Crippen LogP) is 4.24. The number of hydrogen-bond donors (Lipinski definition) is 0. The molecule has 2 heterocycles. The van der Waals surface area contributed by atoms with Gasteiger partial charge in [-0.3, -0.25) is 4.90 Å². The quantitative estimate of drug-likeness (QED) is 0.310. The van der Waals surface area contributed by atoms with Crippen LogP contribution < -0.4 is 4.74 Å². The van der Waals surface area contributed by atoms with E-state index in [4.69, 9.17) is 13.9 Å². The Morgan fingerprint density at radius 2 is 1.85 bits per heavy atom. The highest BCUT2D eigenvalue weighted by Crippen LogP contribution is 2.31. The number of ether oxygens (including phenoxy) is 2. The molecule has 0 fully saturated rings. The summed E-state index contributed by atoms with van der Waals surface area (Å²) in [5.41, 5.74) is 1.95. The van der Waals surface area contributed by atoms with E-state index in [1.165, 1.54) is 12.1 Å². The Labute approximate surface area is 197 Å². The molecule has 0 aliphatic carbocycles. The average Bonchev–Trinajstić information content (AvgIpc) is 3.53. The lowest BCUT2D eigenvalue weighted by atomic mass is 10.0. The van der Waals surface area contributed by atoms with Gasteiger partial charge in [0.15, 0.2) is 5.82 Å². The van der Waals surface area contributed by atoms with Crippen LogP contribution in [0.25, 0.3) is 0 Å². The van der Waals surface area contributed by atoms with Crippen LogP contribution in [0.1, 0.15) is 35.7 Å². The van der Waals surface area contributed by atoms with Crippen molar-refractivity contribution >= 4 is 0 Å². The first-order chi connectivity index (χ1) is 16.7. The van der Waals surface area contributed by atoms with Crippen molar-refractivity contribution in [2.45, 2.75) is 32.6 Å². The molecule has 0 aliphatic heterocycles. The SMILES string of the molecule is CCOc1ccc(CN(Cc2ccco2)C(c2ccc(F)cc2)c2nnnn2CCOC)cc1. The van der Waals surface area contributed by atoms with Crippen molar-refractivity contribution in [1.29, 1.82) is 0 Å². The van der Waals surface area contributed by atoms with Gasteiger partial charge in [0.1, 0.15) is 17.3 Å². The maximum absolute atomic E-state index is 13.8. The minimum absolute atomic E-state index is 0.300. The van der Waals surface area contributed by atoms with Crippen molar-refractivity contribution in [3.8, 4) is 5.75 Å². The molecular weight excluding hydrogens is 437 g/mol. The van der Waals surface area contributed by atoms with Gasteiger partial charge in [-0.25, -0.2) is 9.07 Å². The van der Waals surface area contributed by atoms with Gasteiger partial charge < -0.3 is 13.9 Å². The monoisotopic (exact) mass is 465 g/mol. The van der Waals surface area contributed by atoms with E-state index in [1.807, 2.05) is 43.3 Å². The molecule has 0 saturated carbocycles. The van der Waals surface area contributed by atoms with Crippen LogP contribution in [0.15, 0.2) is 71.3 Å². The predicted molar refractivity (Wildman–Crippen MR) is 124 cm³/mol. The van der Waals surface area contributed by atoms with Crippen molar-refractivity contribution in [3.63, 3.8) is 0 Å². The molecule has 4 rings (SSSR count). The van der Waals surface area contributed by atoms with Gasteiger partial charge >= 0.3 is 0 Å². The number of aromatic nitrogens is 4. The van der Waals surface area contributed by atoms with Gasteiger partial charge in [0.05, 0.1) is 38.6 Å². The third kappa shape index (κ3) is 5.86. The number of furan rings is 1. The van der Waals surface area contributed by atoms with Gasteiger partial charge in [-0.2, -0.15) is 0 Å². The third-order valence-corrected chi connectivity index (χ3v) is 5.42. The molecule has 0 N–H and O–H groups in total. The van der Waals surface area contributed by atoms with Crippen molar-refractivity contribution < 1.29 is 18.3 Å². The standard InChI is InChI=1S/C25H28FN5O3/c1-3-33-22-12-6-19(7-13-22)17-30(18-23-5-4-15-34-23)24(20-8-10-21(26)11-9-20)25-27-28-29-31(25)14-16-32-2/h4-13,15,24H,3,14,16-18H2,1-2H3. The minimum atomic E-state index is -0.357. The number of benzene rings is 2. The van der Waals surface area contributed by atoms with Crippen LogP contribution in [-0.4, -0.2) is 45.4 Å². The molecule has 34 heavy (non-hydrogen) atoms. The summed E-state index contributed by atoms with van der Waals surface area (Å²) in [7, 11) is 1.64.